The van der Waals surface area contributed by atoms with E-state index in [-0.39, 0.29) is 5.56 Å². The van der Waals surface area contributed by atoms with Crippen LogP contribution in [-0.2, 0) is 0 Å². The molecule has 0 atom stereocenters. The van der Waals surface area contributed by atoms with Gasteiger partial charge in [-0.05, 0) is 6.42 Å². The van der Waals surface area contributed by atoms with Gasteiger partial charge in [0.25, 0.3) is 5.56 Å². The van der Waals surface area contributed by atoms with Gasteiger partial charge < -0.3 is 9.72 Å². The third-order valence-corrected chi connectivity index (χ3v) is 1.90. The van der Waals surface area contributed by atoms with E-state index in [9.17, 15) is 4.79 Å². The van der Waals surface area contributed by atoms with E-state index in [4.69, 9.17) is 4.74 Å². The van der Waals surface area contributed by atoms with Crippen LogP contribution in [-0.4, -0.2) is 16.6 Å². The molecule has 0 aliphatic carbocycles. The molecule has 0 aliphatic rings. The number of aromatic amines is 1. The van der Waals surface area contributed by atoms with Gasteiger partial charge in [-0.25, -0.2) is 4.98 Å². The van der Waals surface area contributed by atoms with Crippen molar-refractivity contribution in [3.8, 4) is 5.88 Å². The van der Waals surface area contributed by atoms with Crippen LogP contribution < -0.4 is 10.3 Å². The molecule has 0 saturated carbocycles. The molecule has 0 spiro atoms. The van der Waals surface area contributed by atoms with Crippen molar-refractivity contribution in [3.05, 3.63) is 22.7 Å². The van der Waals surface area contributed by atoms with Gasteiger partial charge in [-0.1, -0.05) is 26.2 Å². The molecule has 1 N–H and O–H groups in total. The van der Waals surface area contributed by atoms with Gasteiger partial charge in [0, 0.05) is 0 Å². The fourth-order valence-electron chi connectivity index (χ4n) is 1.14. The number of ether oxygens (including phenoxy) is 1. The van der Waals surface area contributed by atoms with Gasteiger partial charge in [0.1, 0.15) is 0 Å². The number of hydrogen-bond acceptors (Lipinski definition) is 3. The second-order valence-corrected chi connectivity index (χ2v) is 3.16. The maximum atomic E-state index is 10.8. The molecule has 1 rings (SSSR count). The van der Waals surface area contributed by atoms with Crippen LogP contribution in [0.5, 0.6) is 5.88 Å². The Balaban J connectivity index is 2.21. The maximum absolute atomic E-state index is 10.8. The minimum atomic E-state index is -0.177. The standard InChI is InChI=1S/C10H16N2O2/c1-2-3-4-5-6-14-10-7-9(13)11-8-12-10/h7-8H,2-6H2,1H3,(H,11,12,13). The van der Waals surface area contributed by atoms with Crippen molar-refractivity contribution >= 4 is 0 Å². The number of nitrogens with one attached hydrogen (secondary N) is 1. The lowest BCUT2D eigenvalue weighted by Gasteiger charge is -2.03. The van der Waals surface area contributed by atoms with Crippen LogP contribution in [0.25, 0.3) is 0 Å². The molecule has 4 heteroatoms. The Hall–Kier alpha value is -1.32. The first-order chi connectivity index (χ1) is 6.83. The van der Waals surface area contributed by atoms with Gasteiger partial charge in [0.15, 0.2) is 0 Å². The van der Waals surface area contributed by atoms with E-state index in [2.05, 4.69) is 16.9 Å². The zero-order valence-electron chi connectivity index (χ0n) is 8.45. The first kappa shape index (κ1) is 10.8. The van der Waals surface area contributed by atoms with Crippen LogP contribution in [0.15, 0.2) is 17.2 Å². The minimum absolute atomic E-state index is 0.177. The van der Waals surface area contributed by atoms with Crippen LogP contribution >= 0.6 is 0 Å². The summed E-state index contributed by atoms with van der Waals surface area (Å²) in [5.41, 5.74) is -0.177. The van der Waals surface area contributed by atoms with Crippen LogP contribution in [0.3, 0.4) is 0 Å². The Morgan fingerprint density at radius 3 is 3.00 bits per heavy atom. The first-order valence-corrected chi connectivity index (χ1v) is 5.00. The molecule has 0 aliphatic heterocycles. The summed E-state index contributed by atoms with van der Waals surface area (Å²) in [5.74, 6) is 0.408. The lowest BCUT2D eigenvalue weighted by molar-refractivity contribution is 0.293. The quantitative estimate of drug-likeness (QED) is 0.705. The van der Waals surface area contributed by atoms with Crippen molar-refractivity contribution in [3.63, 3.8) is 0 Å². The van der Waals surface area contributed by atoms with Gasteiger partial charge in [-0.15, -0.1) is 0 Å². The molecule has 78 valence electrons. The van der Waals surface area contributed by atoms with Crippen molar-refractivity contribution in [2.45, 2.75) is 32.6 Å². The predicted molar refractivity (Wildman–Crippen MR) is 54.5 cm³/mol. The summed E-state index contributed by atoms with van der Waals surface area (Å²) >= 11 is 0. The van der Waals surface area contributed by atoms with Gasteiger partial charge in [0.05, 0.1) is 19.0 Å². The molecule has 0 aromatic carbocycles. The summed E-state index contributed by atoms with van der Waals surface area (Å²) in [6.45, 7) is 2.80. The predicted octanol–water partition coefficient (Wildman–Crippen LogP) is 1.73. The molecule has 1 heterocycles. The number of nitrogens with zero attached hydrogens (tertiary/aromatic N) is 1. The maximum Gasteiger partial charge on any atom is 0.254 e. The molecular weight excluding hydrogens is 180 g/mol. The Kier molecular flexibility index (Phi) is 4.75. The smallest absolute Gasteiger partial charge is 0.254 e. The Labute approximate surface area is 83.3 Å². The monoisotopic (exact) mass is 196 g/mol. The van der Waals surface area contributed by atoms with Crippen molar-refractivity contribution in [2.75, 3.05) is 6.61 Å². The van der Waals surface area contributed by atoms with Crippen molar-refractivity contribution in [1.82, 2.24) is 9.97 Å². The highest BCUT2D eigenvalue weighted by molar-refractivity contribution is 5.04. The van der Waals surface area contributed by atoms with E-state index in [0.29, 0.717) is 12.5 Å². The Morgan fingerprint density at radius 1 is 1.43 bits per heavy atom. The molecule has 0 saturated heterocycles. The van der Waals surface area contributed by atoms with E-state index in [1.807, 2.05) is 0 Å². The van der Waals surface area contributed by atoms with Crippen molar-refractivity contribution in [1.29, 1.82) is 0 Å². The molecule has 0 amide bonds. The molecule has 14 heavy (non-hydrogen) atoms. The largest absolute Gasteiger partial charge is 0.477 e. The van der Waals surface area contributed by atoms with Crippen molar-refractivity contribution < 1.29 is 4.74 Å². The number of H-pyrrole nitrogens is 1. The van der Waals surface area contributed by atoms with E-state index in [1.165, 1.54) is 31.7 Å². The topological polar surface area (TPSA) is 55.0 Å². The summed E-state index contributed by atoms with van der Waals surface area (Å²) in [7, 11) is 0. The van der Waals surface area contributed by atoms with Gasteiger partial charge >= 0.3 is 0 Å². The third kappa shape index (κ3) is 4.07. The van der Waals surface area contributed by atoms with Crippen LogP contribution in [0.2, 0.25) is 0 Å². The number of aromatic nitrogens is 2. The second-order valence-electron chi connectivity index (χ2n) is 3.16. The summed E-state index contributed by atoms with van der Waals surface area (Å²) in [6.07, 6.45) is 5.97. The summed E-state index contributed by atoms with van der Waals surface area (Å²) in [5, 5.41) is 0. The zero-order valence-corrected chi connectivity index (χ0v) is 8.45. The second kappa shape index (κ2) is 6.18. The normalized spacial score (nSPS) is 10.1. The van der Waals surface area contributed by atoms with Gasteiger partial charge in [0.2, 0.25) is 5.88 Å². The molecule has 4 nitrogen and oxygen atoms in total. The molecule has 1 aromatic rings. The number of unbranched alkanes of at least 4 members (excludes halogenated alkanes) is 3. The number of hydrogen-bond donors (Lipinski definition) is 1. The number of rotatable bonds is 6. The van der Waals surface area contributed by atoms with E-state index >= 15 is 0 Å². The Morgan fingerprint density at radius 2 is 2.29 bits per heavy atom. The first-order valence-electron chi connectivity index (χ1n) is 5.00. The van der Waals surface area contributed by atoms with Crippen LogP contribution in [0, 0.1) is 0 Å². The van der Waals surface area contributed by atoms with E-state index in [0.717, 1.165) is 6.42 Å². The van der Waals surface area contributed by atoms with Crippen LogP contribution in [0.1, 0.15) is 32.6 Å². The molecule has 0 fully saturated rings. The Bertz CT molecular complexity index is 309. The fourth-order valence-corrected chi connectivity index (χ4v) is 1.14. The lowest BCUT2D eigenvalue weighted by Crippen LogP contribution is -2.07. The van der Waals surface area contributed by atoms with Crippen LogP contribution in [0.4, 0.5) is 0 Å². The summed E-state index contributed by atoms with van der Waals surface area (Å²) < 4.78 is 5.30. The third-order valence-electron chi connectivity index (χ3n) is 1.90. The van der Waals surface area contributed by atoms with Crippen molar-refractivity contribution in [2.24, 2.45) is 0 Å². The SMILES string of the molecule is CCCCCCOc1cc(=O)[nH]cn1. The van der Waals surface area contributed by atoms with Gasteiger partial charge in [-0.3, -0.25) is 4.79 Å². The minimum Gasteiger partial charge on any atom is -0.477 e. The zero-order chi connectivity index (χ0) is 10.2. The lowest BCUT2D eigenvalue weighted by atomic mass is 10.2. The van der Waals surface area contributed by atoms with E-state index < -0.39 is 0 Å². The van der Waals surface area contributed by atoms with Gasteiger partial charge in [-0.2, -0.15) is 0 Å². The highest BCUT2D eigenvalue weighted by atomic mass is 16.5. The summed E-state index contributed by atoms with van der Waals surface area (Å²) in [4.78, 5) is 17.2. The highest BCUT2D eigenvalue weighted by Gasteiger charge is 1.95. The molecular formula is C10H16N2O2. The highest BCUT2D eigenvalue weighted by Crippen LogP contribution is 2.03. The molecule has 0 bridgehead atoms. The fraction of sp³-hybridized carbons (Fsp3) is 0.600. The average molecular weight is 196 g/mol. The van der Waals surface area contributed by atoms with E-state index in [1.54, 1.807) is 0 Å². The molecule has 1 aromatic heterocycles. The average Bonchev–Trinajstić information content (AvgIpc) is 2.18. The molecule has 0 radical (unpaired) electrons. The summed E-state index contributed by atoms with van der Waals surface area (Å²) in [6, 6.07) is 1.36. The molecule has 0 unspecified atom stereocenters.